The molecule has 0 bridgehead atoms. The number of imidazole rings is 1. The van der Waals surface area contributed by atoms with Gasteiger partial charge in [0.25, 0.3) is 0 Å². The second kappa shape index (κ2) is 6.72. The zero-order chi connectivity index (χ0) is 19.0. The van der Waals surface area contributed by atoms with Crippen molar-refractivity contribution in [3.8, 4) is 0 Å². The maximum atomic E-state index is 14.7. The first kappa shape index (κ1) is 17.0. The molecule has 1 aliphatic heterocycles. The third kappa shape index (κ3) is 2.79. The summed E-state index contributed by atoms with van der Waals surface area (Å²) in [5, 5.41) is 3.16. The molecule has 136 valence electrons. The summed E-state index contributed by atoms with van der Waals surface area (Å²) >= 11 is 0. The van der Waals surface area contributed by atoms with E-state index in [-0.39, 0.29) is 6.61 Å². The molecule has 3 aromatic rings. The Labute approximate surface area is 155 Å². The van der Waals surface area contributed by atoms with Crippen LogP contribution in [0.15, 0.2) is 72.5 Å². The summed E-state index contributed by atoms with van der Waals surface area (Å²) in [4.78, 5) is 17.4. The first-order valence-corrected chi connectivity index (χ1v) is 8.59. The summed E-state index contributed by atoms with van der Waals surface area (Å²) in [6, 6.07) is 13.3. The number of ether oxygens (including phenoxy) is 1. The normalized spacial score (nSPS) is 16.0. The number of hydrogen-bond donors (Lipinski definition) is 1. The molecular formula is C21H18FN3O2. The summed E-state index contributed by atoms with van der Waals surface area (Å²) in [7, 11) is 0. The number of rotatable bonds is 4. The highest BCUT2D eigenvalue weighted by molar-refractivity contribution is 5.94. The fourth-order valence-corrected chi connectivity index (χ4v) is 3.43. The molecule has 0 spiro atoms. The summed E-state index contributed by atoms with van der Waals surface area (Å²) in [5.74, 6) is -0.353. The van der Waals surface area contributed by atoms with Crippen LogP contribution in [0.3, 0.4) is 0 Å². The molecule has 1 atom stereocenters. The Bertz CT molecular complexity index is 1080. The van der Waals surface area contributed by atoms with E-state index >= 15 is 0 Å². The standard InChI is InChI=1S/C21H18FN3O2/c1-3-12-27-20(26)18-13(2)23-21-24-16-10-6-7-11-17(16)25(21)19(18)14-8-4-5-9-15(14)22/h3-11,19H,1,12H2,2H3,(H,23,24). The Kier molecular flexibility index (Phi) is 4.24. The van der Waals surface area contributed by atoms with E-state index in [1.54, 1.807) is 25.1 Å². The number of allylic oxidation sites excluding steroid dienone is 1. The molecule has 2 heterocycles. The minimum atomic E-state index is -0.688. The van der Waals surface area contributed by atoms with Crippen molar-refractivity contribution in [1.82, 2.24) is 9.55 Å². The predicted molar refractivity (Wildman–Crippen MR) is 102 cm³/mol. The van der Waals surface area contributed by atoms with Crippen molar-refractivity contribution in [2.24, 2.45) is 0 Å². The van der Waals surface area contributed by atoms with Gasteiger partial charge in [0.05, 0.1) is 22.6 Å². The minimum Gasteiger partial charge on any atom is -0.458 e. The molecule has 5 nitrogen and oxygen atoms in total. The van der Waals surface area contributed by atoms with Gasteiger partial charge in [0.2, 0.25) is 5.95 Å². The van der Waals surface area contributed by atoms with Crippen LogP contribution >= 0.6 is 0 Å². The van der Waals surface area contributed by atoms with E-state index in [0.29, 0.717) is 22.8 Å². The number of benzene rings is 2. The lowest BCUT2D eigenvalue weighted by Gasteiger charge is -2.30. The van der Waals surface area contributed by atoms with Crippen molar-refractivity contribution >= 4 is 23.0 Å². The maximum absolute atomic E-state index is 14.7. The number of esters is 1. The van der Waals surface area contributed by atoms with Gasteiger partial charge in [0.15, 0.2) is 0 Å². The number of para-hydroxylation sites is 2. The average molecular weight is 363 g/mol. The van der Waals surface area contributed by atoms with Gasteiger partial charge in [-0.3, -0.25) is 4.57 Å². The van der Waals surface area contributed by atoms with Crippen LogP contribution in [0.1, 0.15) is 18.5 Å². The van der Waals surface area contributed by atoms with Crippen LogP contribution in [0.5, 0.6) is 0 Å². The van der Waals surface area contributed by atoms with Crippen LogP contribution in [0.2, 0.25) is 0 Å². The quantitative estimate of drug-likeness (QED) is 0.558. The fraction of sp³-hybridized carbons (Fsp3) is 0.143. The van der Waals surface area contributed by atoms with Crippen LogP contribution < -0.4 is 5.32 Å². The monoisotopic (exact) mass is 363 g/mol. The van der Waals surface area contributed by atoms with Crippen molar-refractivity contribution < 1.29 is 13.9 Å². The highest BCUT2D eigenvalue weighted by atomic mass is 19.1. The van der Waals surface area contributed by atoms with Gasteiger partial charge in [-0.25, -0.2) is 14.2 Å². The molecule has 6 heteroatoms. The van der Waals surface area contributed by atoms with Gasteiger partial charge in [0.1, 0.15) is 12.4 Å². The minimum absolute atomic E-state index is 0.0805. The van der Waals surface area contributed by atoms with E-state index in [1.807, 2.05) is 28.8 Å². The summed E-state index contributed by atoms with van der Waals surface area (Å²) in [6.45, 7) is 5.42. The lowest BCUT2D eigenvalue weighted by molar-refractivity contribution is -0.138. The van der Waals surface area contributed by atoms with Crippen molar-refractivity contribution in [1.29, 1.82) is 0 Å². The largest absolute Gasteiger partial charge is 0.458 e. The van der Waals surface area contributed by atoms with E-state index in [1.165, 1.54) is 12.1 Å². The van der Waals surface area contributed by atoms with Gasteiger partial charge in [0, 0.05) is 11.3 Å². The molecule has 0 fully saturated rings. The molecule has 1 aliphatic rings. The molecule has 1 aromatic heterocycles. The molecule has 2 aromatic carbocycles. The number of halogens is 1. The third-order valence-electron chi connectivity index (χ3n) is 4.58. The van der Waals surface area contributed by atoms with Crippen LogP contribution in [0.4, 0.5) is 10.3 Å². The van der Waals surface area contributed by atoms with E-state index in [9.17, 15) is 9.18 Å². The highest BCUT2D eigenvalue weighted by Gasteiger charge is 2.36. The molecule has 1 unspecified atom stereocenters. The third-order valence-corrected chi connectivity index (χ3v) is 4.58. The maximum Gasteiger partial charge on any atom is 0.338 e. The SMILES string of the molecule is C=CCOC(=O)C1=C(C)Nc2nc3ccccc3n2C1c1ccccc1F. The summed E-state index contributed by atoms with van der Waals surface area (Å²) in [6.07, 6.45) is 1.50. The van der Waals surface area contributed by atoms with Gasteiger partial charge < -0.3 is 10.1 Å². The van der Waals surface area contributed by atoms with E-state index in [2.05, 4.69) is 16.9 Å². The molecule has 0 amide bonds. The highest BCUT2D eigenvalue weighted by Crippen LogP contribution is 2.40. The predicted octanol–water partition coefficient (Wildman–Crippen LogP) is 4.19. The smallest absolute Gasteiger partial charge is 0.338 e. The van der Waals surface area contributed by atoms with Gasteiger partial charge in [-0.2, -0.15) is 0 Å². The van der Waals surface area contributed by atoms with Gasteiger partial charge >= 0.3 is 5.97 Å². The Morgan fingerprint density at radius 2 is 2.04 bits per heavy atom. The number of carbonyl (C=O) groups is 1. The first-order valence-electron chi connectivity index (χ1n) is 8.59. The lowest BCUT2D eigenvalue weighted by Crippen LogP contribution is -2.29. The van der Waals surface area contributed by atoms with Crippen molar-refractivity contribution in [3.05, 3.63) is 83.8 Å². The zero-order valence-electron chi connectivity index (χ0n) is 14.8. The first-order chi connectivity index (χ1) is 13.1. The Morgan fingerprint density at radius 1 is 1.30 bits per heavy atom. The van der Waals surface area contributed by atoms with Crippen LogP contribution in [-0.2, 0) is 9.53 Å². The second-order valence-electron chi connectivity index (χ2n) is 6.27. The average Bonchev–Trinajstić information content (AvgIpc) is 3.03. The van der Waals surface area contributed by atoms with E-state index < -0.39 is 17.8 Å². The number of hydrogen-bond acceptors (Lipinski definition) is 4. The Balaban J connectivity index is 1.97. The topological polar surface area (TPSA) is 56.1 Å². The molecule has 0 saturated heterocycles. The van der Waals surface area contributed by atoms with E-state index in [4.69, 9.17) is 4.74 Å². The molecule has 27 heavy (non-hydrogen) atoms. The Hall–Kier alpha value is -3.41. The van der Waals surface area contributed by atoms with Crippen LogP contribution in [0.25, 0.3) is 11.0 Å². The molecular weight excluding hydrogens is 345 g/mol. The summed E-state index contributed by atoms with van der Waals surface area (Å²) < 4.78 is 21.9. The van der Waals surface area contributed by atoms with Gasteiger partial charge in [-0.15, -0.1) is 0 Å². The number of nitrogens with one attached hydrogen (secondary N) is 1. The molecule has 4 rings (SSSR count). The Morgan fingerprint density at radius 3 is 2.81 bits per heavy atom. The van der Waals surface area contributed by atoms with Crippen molar-refractivity contribution in [3.63, 3.8) is 0 Å². The van der Waals surface area contributed by atoms with Crippen molar-refractivity contribution in [2.45, 2.75) is 13.0 Å². The molecule has 1 N–H and O–H groups in total. The number of nitrogens with zero attached hydrogens (tertiary/aromatic N) is 2. The molecule has 0 aliphatic carbocycles. The van der Waals surface area contributed by atoms with E-state index in [0.717, 1.165) is 11.0 Å². The summed E-state index contributed by atoms with van der Waals surface area (Å²) in [5.41, 5.74) is 2.87. The number of fused-ring (bicyclic) bond motifs is 3. The van der Waals surface area contributed by atoms with Crippen molar-refractivity contribution in [2.75, 3.05) is 11.9 Å². The van der Waals surface area contributed by atoms with Gasteiger partial charge in [-0.05, 0) is 25.1 Å². The molecule has 0 saturated carbocycles. The van der Waals surface area contributed by atoms with Gasteiger partial charge in [-0.1, -0.05) is 43.0 Å². The van der Waals surface area contributed by atoms with Crippen LogP contribution in [0, 0.1) is 5.82 Å². The lowest BCUT2D eigenvalue weighted by atomic mass is 9.94. The second-order valence-corrected chi connectivity index (χ2v) is 6.27. The number of aromatic nitrogens is 2. The zero-order valence-corrected chi connectivity index (χ0v) is 14.8. The fourth-order valence-electron chi connectivity index (χ4n) is 3.43. The molecule has 0 radical (unpaired) electrons. The number of carbonyl (C=O) groups excluding carboxylic acids is 1. The number of anilines is 1. The van der Waals surface area contributed by atoms with Crippen LogP contribution in [-0.4, -0.2) is 22.1 Å².